The fourth-order valence-electron chi connectivity index (χ4n) is 2.31. The van der Waals surface area contributed by atoms with Gasteiger partial charge in [0.05, 0.1) is 6.54 Å². The number of nitrogens with two attached hydrogens (primary N) is 1. The summed E-state index contributed by atoms with van der Waals surface area (Å²) < 4.78 is 28.1. The van der Waals surface area contributed by atoms with Gasteiger partial charge < -0.3 is 15.2 Å². The van der Waals surface area contributed by atoms with Crippen molar-refractivity contribution in [1.82, 2.24) is 14.8 Å². The molecule has 0 radical (unpaired) electrons. The number of nitrogen functional groups attached to an aromatic ring is 1. The Hall–Kier alpha value is -2.18. The van der Waals surface area contributed by atoms with Crippen LogP contribution in [0.15, 0.2) is 24.5 Å². The molecule has 1 aliphatic rings. The summed E-state index contributed by atoms with van der Waals surface area (Å²) in [5, 5.41) is 7.81. The van der Waals surface area contributed by atoms with Crippen LogP contribution in [-0.4, -0.2) is 21.3 Å². The van der Waals surface area contributed by atoms with E-state index in [1.54, 1.807) is 18.5 Å². The summed E-state index contributed by atoms with van der Waals surface area (Å²) in [6.07, 6.45) is -0.887. The summed E-state index contributed by atoms with van der Waals surface area (Å²) in [5.74, 6) is 0.781. The Morgan fingerprint density at radius 2 is 2.11 bits per heavy atom. The first-order valence-electron chi connectivity index (χ1n) is 5.94. The third-order valence-electron chi connectivity index (χ3n) is 3.27. The van der Waals surface area contributed by atoms with Crippen LogP contribution in [0.3, 0.4) is 0 Å². The van der Waals surface area contributed by atoms with Crippen molar-refractivity contribution in [3.63, 3.8) is 0 Å². The molecule has 2 heterocycles. The number of fused-ring (bicyclic) bond motifs is 1. The molecule has 1 aromatic heterocycles. The van der Waals surface area contributed by atoms with Gasteiger partial charge in [-0.3, -0.25) is 0 Å². The number of anilines is 2. The summed E-state index contributed by atoms with van der Waals surface area (Å²) in [6, 6.07) is 4.61. The molecule has 1 aromatic carbocycles. The molecule has 5 nitrogen and oxygen atoms in total. The van der Waals surface area contributed by atoms with Crippen molar-refractivity contribution in [3.8, 4) is 0 Å². The van der Waals surface area contributed by atoms with Crippen LogP contribution in [0.1, 0.15) is 17.8 Å². The fourth-order valence-corrected chi connectivity index (χ4v) is 2.31. The van der Waals surface area contributed by atoms with E-state index in [1.807, 2.05) is 9.47 Å². The van der Waals surface area contributed by atoms with Crippen LogP contribution in [-0.2, 0) is 13.1 Å². The lowest BCUT2D eigenvalue weighted by molar-refractivity contribution is 0.151. The van der Waals surface area contributed by atoms with Gasteiger partial charge >= 0.3 is 0 Å². The topological polar surface area (TPSA) is 60.0 Å². The van der Waals surface area contributed by atoms with Gasteiger partial charge in [0.25, 0.3) is 6.43 Å². The van der Waals surface area contributed by atoms with Crippen molar-refractivity contribution < 1.29 is 8.78 Å². The van der Waals surface area contributed by atoms with E-state index in [1.165, 1.54) is 6.07 Å². The lowest BCUT2D eigenvalue weighted by Crippen LogP contribution is -2.34. The first-order valence-corrected chi connectivity index (χ1v) is 5.94. The van der Waals surface area contributed by atoms with Crippen molar-refractivity contribution >= 4 is 11.4 Å². The number of hydrogen-bond donors (Lipinski definition) is 1. The van der Waals surface area contributed by atoms with Gasteiger partial charge in [-0.2, -0.15) is 0 Å². The van der Waals surface area contributed by atoms with E-state index >= 15 is 0 Å². The highest BCUT2D eigenvalue weighted by Crippen LogP contribution is 2.33. The van der Waals surface area contributed by atoms with Gasteiger partial charge in [0, 0.05) is 30.0 Å². The van der Waals surface area contributed by atoms with Crippen molar-refractivity contribution in [2.45, 2.75) is 19.5 Å². The minimum atomic E-state index is -2.54. The zero-order valence-corrected chi connectivity index (χ0v) is 10.1. The van der Waals surface area contributed by atoms with Gasteiger partial charge in [-0.1, -0.05) is 0 Å². The molecule has 0 unspecified atom stereocenters. The van der Waals surface area contributed by atoms with Crippen LogP contribution in [0, 0.1) is 0 Å². The molecule has 0 bridgehead atoms. The molecule has 0 fully saturated rings. The average molecular weight is 265 g/mol. The van der Waals surface area contributed by atoms with Crippen LogP contribution >= 0.6 is 0 Å². The molecular formula is C12H13F2N5. The van der Waals surface area contributed by atoms with Crippen LogP contribution in [0.2, 0.25) is 0 Å². The van der Waals surface area contributed by atoms with Gasteiger partial charge in [0.15, 0.2) is 5.82 Å². The van der Waals surface area contributed by atoms with Crippen molar-refractivity contribution in [2.24, 2.45) is 0 Å². The summed E-state index contributed by atoms with van der Waals surface area (Å²) >= 11 is 0. The van der Waals surface area contributed by atoms with E-state index in [-0.39, 0.29) is 5.56 Å². The molecule has 0 saturated carbocycles. The standard InChI is InChI=1S/C12H13F2N5/c13-12(14)9-5-8(15)1-2-10(9)18-3-4-19-7-16-17-11(19)6-18/h1-2,5,7,12H,3-4,6,15H2. The van der Waals surface area contributed by atoms with Crippen molar-refractivity contribution in [2.75, 3.05) is 17.2 Å². The molecule has 1 aliphatic heterocycles. The number of halogens is 2. The van der Waals surface area contributed by atoms with Crippen LogP contribution < -0.4 is 10.6 Å². The van der Waals surface area contributed by atoms with E-state index in [4.69, 9.17) is 5.73 Å². The highest BCUT2D eigenvalue weighted by molar-refractivity contribution is 5.60. The maximum Gasteiger partial charge on any atom is 0.265 e. The number of benzene rings is 1. The van der Waals surface area contributed by atoms with Crippen LogP contribution in [0.25, 0.3) is 0 Å². The summed E-state index contributed by atoms with van der Waals surface area (Å²) in [6.45, 7) is 1.81. The van der Waals surface area contributed by atoms with Crippen LogP contribution in [0.5, 0.6) is 0 Å². The van der Waals surface area contributed by atoms with E-state index < -0.39 is 6.43 Å². The Bertz CT molecular complexity index is 596. The monoisotopic (exact) mass is 265 g/mol. The highest BCUT2D eigenvalue weighted by atomic mass is 19.3. The maximum atomic E-state index is 13.1. The molecule has 2 N–H and O–H groups in total. The zero-order chi connectivity index (χ0) is 13.4. The minimum Gasteiger partial charge on any atom is -0.399 e. The summed E-state index contributed by atoms with van der Waals surface area (Å²) in [7, 11) is 0. The lowest BCUT2D eigenvalue weighted by Gasteiger charge is -2.30. The van der Waals surface area contributed by atoms with Crippen LogP contribution in [0.4, 0.5) is 20.2 Å². The number of rotatable bonds is 2. The molecule has 0 aliphatic carbocycles. The molecule has 7 heteroatoms. The molecular weight excluding hydrogens is 252 g/mol. The summed E-state index contributed by atoms with van der Waals surface area (Å²) in [4.78, 5) is 1.88. The van der Waals surface area contributed by atoms with Gasteiger partial charge in [-0.25, -0.2) is 8.78 Å². The summed E-state index contributed by atoms with van der Waals surface area (Å²) in [5.41, 5.74) is 6.40. The van der Waals surface area contributed by atoms with E-state index in [9.17, 15) is 8.78 Å². The molecule has 0 spiro atoms. The molecule has 0 saturated heterocycles. The Balaban J connectivity index is 1.95. The molecule has 0 amide bonds. The third kappa shape index (κ3) is 2.11. The second-order valence-corrected chi connectivity index (χ2v) is 4.48. The molecule has 3 rings (SSSR count). The normalized spacial score (nSPS) is 14.8. The Morgan fingerprint density at radius 3 is 2.89 bits per heavy atom. The second kappa shape index (κ2) is 4.49. The number of hydrogen-bond acceptors (Lipinski definition) is 4. The van der Waals surface area contributed by atoms with E-state index in [2.05, 4.69) is 10.2 Å². The molecule has 2 aromatic rings. The minimum absolute atomic E-state index is 0.0343. The fraction of sp³-hybridized carbons (Fsp3) is 0.333. The third-order valence-corrected chi connectivity index (χ3v) is 3.27. The van der Waals surface area contributed by atoms with Gasteiger partial charge in [0.1, 0.15) is 6.33 Å². The molecule has 19 heavy (non-hydrogen) atoms. The second-order valence-electron chi connectivity index (χ2n) is 4.48. The SMILES string of the molecule is Nc1ccc(N2CCn3cnnc3C2)c(C(F)F)c1. The maximum absolute atomic E-state index is 13.1. The lowest BCUT2D eigenvalue weighted by atomic mass is 10.1. The Morgan fingerprint density at radius 1 is 1.26 bits per heavy atom. The highest BCUT2D eigenvalue weighted by Gasteiger charge is 2.22. The average Bonchev–Trinajstić information content (AvgIpc) is 2.85. The quantitative estimate of drug-likeness (QED) is 0.841. The number of aromatic nitrogens is 3. The van der Waals surface area contributed by atoms with Gasteiger partial charge in [0.2, 0.25) is 0 Å². The molecule has 100 valence electrons. The Labute approximate surface area is 108 Å². The van der Waals surface area contributed by atoms with Crippen molar-refractivity contribution in [3.05, 3.63) is 35.9 Å². The number of nitrogens with zero attached hydrogens (tertiary/aromatic N) is 4. The van der Waals surface area contributed by atoms with Gasteiger partial charge in [-0.15, -0.1) is 10.2 Å². The van der Waals surface area contributed by atoms with E-state index in [0.29, 0.717) is 31.0 Å². The first-order chi connectivity index (χ1) is 9.15. The predicted octanol–water partition coefficient (Wildman–Crippen LogP) is 1.82. The van der Waals surface area contributed by atoms with E-state index in [0.717, 1.165) is 5.82 Å². The number of alkyl halides is 2. The van der Waals surface area contributed by atoms with Gasteiger partial charge in [-0.05, 0) is 18.2 Å². The molecule has 0 atom stereocenters. The largest absolute Gasteiger partial charge is 0.399 e. The first kappa shape index (κ1) is 11.9. The smallest absolute Gasteiger partial charge is 0.265 e. The predicted molar refractivity (Wildman–Crippen MR) is 66.9 cm³/mol. The Kier molecular flexibility index (Phi) is 2.81. The van der Waals surface area contributed by atoms with Crippen molar-refractivity contribution in [1.29, 1.82) is 0 Å². The zero-order valence-electron chi connectivity index (χ0n) is 10.1.